The number of aromatic nitrogens is 1. The first-order valence-electron chi connectivity index (χ1n) is 6.19. The Morgan fingerprint density at radius 2 is 2.30 bits per heavy atom. The molecular formula is C12H13BrN2O3S2. The molecule has 1 atom stereocenters. The van der Waals surface area contributed by atoms with Crippen LogP contribution in [0.1, 0.15) is 30.3 Å². The van der Waals surface area contributed by atoms with Gasteiger partial charge in [-0.15, -0.1) is 11.3 Å². The van der Waals surface area contributed by atoms with Crippen molar-refractivity contribution in [2.45, 2.75) is 30.0 Å². The summed E-state index contributed by atoms with van der Waals surface area (Å²) >= 11 is 4.53. The van der Waals surface area contributed by atoms with Gasteiger partial charge in [0.15, 0.2) is 0 Å². The minimum atomic E-state index is -3.47. The Morgan fingerprint density at radius 3 is 2.90 bits per heavy atom. The summed E-state index contributed by atoms with van der Waals surface area (Å²) in [7, 11) is -3.47. The maximum atomic E-state index is 12.7. The molecule has 0 unspecified atom stereocenters. The van der Waals surface area contributed by atoms with Gasteiger partial charge in [0.05, 0.1) is 9.83 Å². The number of hydrogen-bond donors (Lipinski definition) is 0. The van der Waals surface area contributed by atoms with Crippen LogP contribution >= 0.6 is 27.3 Å². The third kappa shape index (κ3) is 2.45. The number of rotatable bonds is 3. The lowest BCUT2D eigenvalue weighted by Gasteiger charge is -2.21. The minimum absolute atomic E-state index is 0.224. The molecule has 0 saturated carbocycles. The molecule has 1 saturated heterocycles. The van der Waals surface area contributed by atoms with E-state index in [9.17, 15) is 8.42 Å². The molecule has 0 aliphatic carbocycles. The van der Waals surface area contributed by atoms with Gasteiger partial charge < -0.3 is 4.52 Å². The van der Waals surface area contributed by atoms with Crippen molar-refractivity contribution in [1.82, 2.24) is 9.46 Å². The summed E-state index contributed by atoms with van der Waals surface area (Å²) in [4.78, 5) is 0. The molecule has 0 aromatic carbocycles. The van der Waals surface area contributed by atoms with Gasteiger partial charge in [0.2, 0.25) is 0 Å². The molecule has 3 heterocycles. The van der Waals surface area contributed by atoms with Gasteiger partial charge in [0.1, 0.15) is 15.7 Å². The quantitative estimate of drug-likeness (QED) is 0.823. The fraction of sp³-hybridized carbons (Fsp3) is 0.417. The van der Waals surface area contributed by atoms with Gasteiger partial charge in [-0.1, -0.05) is 5.16 Å². The fourth-order valence-electron chi connectivity index (χ4n) is 2.42. The maximum absolute atomic E-state index is 12.7. The highest BCUT2D eigenvalue weighted by molar-refractivity contribution is 9.11. The molecule has 2 aromatic heterocycles. The van der Waals surface area contributed by atoms with Gasteiger partial charge in [-0.2, -0.15) is 4.31 Å². The Balaban J connectivity index is 1.96. The van der Waals surface area contributed by atoms with Gasteiger partial charge in [0, 0.05) is 12.6 Å². The Bertz CT molecular complexity index is 723. The van der Waals surface area contributed by atoms with Crippen molar-refractivity contribution in [2.24, 2.45) is 0 Å². The molecule has 5 nitrogen and oxygen atoms in total. The van der Waals surface area contributed by atoms with Gasteiger partial charge in [0.25, 0.3) is 10.0 Å². The van der Waals surface area contributed by atoms with Crippen LogP contribution in [-0.4, -0.2) is 24.4 Å². The number of sulfonamides is 1. The van der Waals surface area contributed by atoms with Gasteiger partial charge in [-0.25, -0.2) is 8.42 Å². The van der Waals surface area contributed by atoms with Crippen molar-refractivity contribution in [3.63, 3.8) is 0 Å². The SMILES string of the molecule is Cc1cc([C@@H]2CCCN2S(=O)(=O)c2ccc(Br)s2)no1. The first-order valence-corrected chi connectivity index (χ1v) is 9.24. The van der Waals surface area contributed by atoms with E-state index in [1.54, 1.807) is 19.1 Å². The summed E-state index contributed by atoms with van der Waals surface area (Å²) in [6.07, 6.45) is 1.61. The molecule has 0 N–H and O–H groups in total. The Hall–Kier alpha value is -0.700. The predicted molar refractivity (Wildman–Crippen MR) is 79.1 cm³/mol. The number of hydrogen-bond acceptors (Lipinski definition) is 5. The van der Waals surface area contributed by atoms with Gasteiger partial charge in [-0.3, -0.25) is 0 Å². The van der Waals surface area contributed by atoms with E-state index in [0.717, 1.165) is 16.6 Å². The largest absolute Gasteiger partial charge is 0.361 e. The molecule has 0 amide bonds. The van der Waals surface area contributed by atoms with E-state index >= 15 is 0 Å². The number of thiophene rings is 1. The van der Waals surface area contributed by atoms with E-state index in [2.05, 4.69) is 21.1 Å². The van der Waals surface area contributed by atoms with Crippen molar-refractivity contribution in [1.29, 1.82) is 0 Å². The average molecular weight is 377 g/mol. The number of nitrogens with zero attached hydrogens (tertiary/aromatic N) is 2. The molecule has 0 radical (unpaired) electrons. The third-order valence-corrected chi connectivity index (χ3v) is 7.30. The standard InChI is InChI=1S/C12H13BrN2O3S2/c1-8-7-9(14-18-8)10-3-2-6-15(10)20(16,17)12-5-4-11(13)19-12/h4-5,7,10H,2-3,6H2,1H3/t10-/m0/s1. The van der Waals surface area contributed by atoms with Crippen molar-refractivity contribution in [2.75, 3.05) is 6.54 Å². The van der Waals surface area contributed by atoms with E-state index in [1.807, 2.05) is 6.07 Å². The summed E-state index contributed by atoms with van der Waals surface area (Å²) in [5, 5.41) is 3.97. The van der Waals surface area contributed by atoms with Crippen LogP contribution in [-0.2, 0) is 10.0 Å². The zero-order chi connectivity index (χ0) is 14.3. The molecule has 0 bridgehead atoms. The van der Waals surface area contributed by atoms with E-state index in [1.165, 1.54) is 15.6 Å². The van der Waals surface area contributed by atoms with Crippen LogP contribution in [0, 0.1) is 6.92 Å². The van der Waals surface area contributed by atoms with Crippen molar-refractivity contribution >= 4 is 37.3 Å². The molecule has 1 aliphatic heterocycles. The van der Waals surface area contributed by atoms with E-state index in [0.29, 0.717) is 22.2 Å². The molecule has 8 heteroatoms. The van der Waals surface area contributed by atoms with Crippen molar-refractivity contribution < 1.29 is 12.9 Å². The minimum Gasteiger partial charge on any atom is -0.361 e. The Kier molecular flexibility index (Phi) is 3.74. The van der Waals surface area contributed by atoms with Crippen LogP contribution < -0.4 is 0 Å². The fourth-order valence-corrected chi connectivity index (χ4v) is 6.23. The van der Waals surface area contributed by atoms with Crippen LogP contribution in [0.2, 0.25) is 0 Å². The highest BCUT2D eigenvalue weighted by Gasteiger charge is 2.38. The summed E-state index contributed by atoms with van der Waals surface area (Å²) in [6, 6.07) is 4.97. The van der Waals surface area contributed by atoms with E-state index < -0.39 is 10.0 Å². The highest BCUT2D eigenvalue weighted by atomic mass is 79.9. The molecule has 20 heavy (non-hydrogen) atoms. The number of aryl methyl sites for hydroxylation is 1. The summed E-state index contributed by atoms with van der Waals surface area (Å²) < 4.78 is 33.2. The highest BCUT2D eigenvalue weighted by Crippen LogP contribution is 2.38. The van der Waals surface area contributed by atoms with Crippen molar-refractivity contribution in [3.8, 4) is 0 Å². The molecule has 1 fully saturated rings. The third-order valence-electron chi connectivity index (χ3n) is 3.30. The number of halogens is 1. The lowest BCUT2D eigenvalue weighted by atomic mass is 10.1. The summed E-state index contributed by atoms with van der Waals surface area (Å²) in [5.41, 5.74) is 0.694. The van der Waals surface area contributed by atoms with Crippen LogP contribution in [0.5, 0.6) is 0 Å². The zero-order valence-electron chi connectivity index (χ0n) is 10.7. The summed E-state index contributed by atoms with van der Waals surface area (Å²) in [6.45, 7) is 2.33. The first-order chi connectivity index (χ1) is 9.48. The molecule has 0 spiro atoms. The maximum Gasteiger partial charge on any atom is 0.253 e. The molecule has 2 aromatic rings. The molecule has 1 aliphatic rings. The second-order valence-electron chi connectivity index (χ2n) is 4.69. The second kappa shape index (κ2) is 5.25. The van der Waals surface area contributed by atoms with Gasteiger partial charge >= 0.3 is 0 Å². The topological polar surface area (TPSA) is 63.4 Å². The normalized spacial score (nSPS) is 20.6. The zero-order valence-corrected chi connectivity index (χ0v) is 14.0. The van der Waals surface area contributed by atoms with Crippen molar-refractivity contribution in [3.05, 3.63) is 33.4 Å². The van der Waals surface area contributed by atoms with Crippen LogP contribution in [0.15, 0.2) is 30.7 Å². The summed E-state index contributed by atoms with van der Waals surface area (Å²) in [5.74, 6) is 0.697. The monoisotopic (exact) mass is 376 g/mol. The lowest BCUT2D eigenvalue weighted by molar-refractivity contribution is 0.350. The van der Waals surface area contributed by atoms with Crippen LogP contribution in [0.3, 0.4) is 0 Å². The lowest BCUT2D eigenvalue weighted by Crippen LogP contribution is -2.30. The molecule has 108 valence electrons. The van der Waals surface area contributed by atoms with Crippen LogP contribution in [0.25, 0.3) is 0 Å². The Morgan fingerprint density at radius 1 is 1.50 bits per heavy atom. The van der Waals surface area contributed by atoms with E-state index in [4.69, 9.17) is 4.52 Å². The van der Waals surface area contributed by atoms with E-state index in [-0.39, 0.29) is 6.04 Å². The smallest absolute Gasteiger partial charge is 0.253 e. The van der Waals surface area contributed by atoms with Gasteiger partial charge in [-0.05, 0) is 47.8 Å². The molecule has 3 rings (SSSR count). The predicted octanol–water partition coefficient (Wildman–Crippen LogP) is 3.33. The van der Waals surface area contributed by atoms with Crippen LogP contribution in [0.4, 0.5) is 0 Å². The molecular weight excluding hydrogens is 364 g/mol. The first kappa shape index (κ1) is 14.2. The second-order valence-corrected chi connectivity index (χ2v) is 9.28. The average Bonchev–Trinajstić information content (AvgIpc) is 3.07. The Labute approximate surface area is 129 Å².